The molecule has 1 amide bonds. The van der Waals surface area contributed by atoms with E-state index in [1.807, 2.05) is 6.92 Å². The second-order valence-electron chi connectivity index (χ2n) is 3.68. The van der Waals surface area contributed by atoms with Crippen LogP contribution >= 0.6 is 0 Å². The Bertz CT molecular complexity index is 412. The summed E-state index contributed by atoms with van der Waals surface area (Å²) >= 11 is 0. The Kier molecular flexibility index (Phi) is 4.56. The van der Waals surface area contributed by atoms with E-state index in [0.717, 1.165) is 0 Å². The lowest BCUT2D eigenvalue weighted by Crippen LogP contribution is -2.30. The third-order valence-electron chi connectivity index (χ3n) is 2.48. The summed E-state index contributed by atoms with van der Waals surface area (Å²) in [5.74, 6) is 0.652. The molecule has 0 spiro atoms. The fraction of sp³-hybridized carbons (Fsp3) is 0.455. The topological polar surface area (TPSA) is 92.1 Å². The maximum Gasteiger partial charge on any atom is 0.257 e. The summed E-state index contributed by atoms with van der Waals surface area (Å²) in [4.78, 5) is 13.5. The number of hydrogen-bond acceptors (Lipinski definition) is 4. The van der Waals surface area contributed by atoms with Gasteiger partial charge < -0.3 is 20.3 Å². The molecule has 6 nitrogen and oxygen atoms in total. The van der Waals surface area contributed by atoms with E-state index in [9.17, 15) is 4.79 Å². The average Bonchev–Trinajstić information content (AvgIpc) is 2.82. The molecule has 0 aliphatic rings. The van der Waals surface area contributed by atoms with Crippen LogP contribution in [0.25, 0.3) is 0 Å². The highest BCUT2D eigenvalue weighted by atomic mass is 16.4. The Labute approximate surface area is 99.7 Å². The van der Waals surface area contributed by atoms with Crippen LogP contribution in [0.15, 0.2) is 21.9 Å². The van der Waals surface area contributed by atoms with Crippen LogP contribution in [0.4, 0.5) is 0 Å². The molecule has 0 saturated heterocycles. The molecule has 0 atom stereocenters. The quantitative estimate of drug-likeness (QED) is 0.347. The predicted molar refractivity (Wildman–Crippen MR) is 63.1 cm³/mol. The van der Waals surface area contributed by atoms with Gasteiger partial charge in [0, 0.05) is 26.4 Å². The number of rotatable bonds is 5. The van der Waals surface area contributed by atoms with E-state index >= 15 is 0 Å². The molecule has 94 valence electrons. The number of hydrogen-bond donors (Lipinski definition) is 2. The van der Waals surface area contributed by atoms with Gasteiger partial charge in [-0.3, -0.25) is 4.79 Å². The van der Waals surface area contributed by atoms with Crippen LogP contribution in [-0.2, 0) is 6.42 Å². The highest BCUT2D eigenvalue weighted by Gasteiger charge is 2.17. The monoisotopic (exact) mass is 239 g/mol. The summed E-state index contributed by atoms with van der Waals surface area (Å²) in [6.45, 7) is 2.31. The van der Waals surface area contributed by atoms with E-state index in [2.05, 4.69) is 5.16 Å². The minimum Gasteiger partial charge on any atom is -0.469 e. The number of amides is 1. The second-order valence-corrected chi connectivity index (χ2v) is 3.68. The van der Waals surface area contributed by atoms with Crippen LogP contribution in [0.5, 0.6) is 0 Å². The van der Waals surface area contributed by atoms with Crippen molar-refractivity contribution in [2.75, 3.05) is 13.6 Å². The number of carbonyl (C=O) groups excluding carboxylic acids is 1. The third kappa shape index (κ3) is 3.24. The number of oxime groups is 1. The van der Waals surface area contributed by atoms with Crippen molar-refractivity contribution >= 4 is 11.7 Å². The van der Waals surface area contributed by atoms with Gasteiger partial charge in [0.25, 0.3) is 5.91 Å². The molecular formula is C11H17N3O3. The van der Waals surface area contributed by atoms with Crippen LogP contribution in [0.3, 0.4) is 0 Å². The summed E-state index contributed by atoms with van der Waals surface area (Å²) in [5, 5.41) is 11.3. The van der Waals surface area contributed by atoms with E-state index < -0.39 is 0 Å². The molecule has 0 aromatic carbocycles. The molecule has 17 heavy (non-hydrogen) atoms. The molecule has 0 unspecified atom stereocenters. The first-order valence-electron chi connectivity index (χ1n) is 5.38. The first kappa shape index (κ1) is 13.1. The zero-order valence-electron chi connectivity index (χ0n) is 10.0. The number of carbonyl (C=O) groups is 1. The molecule has 1 rings (SSSR count). The normalized spacial score (nSPS) is 11.5. The van der Waals surface area contributed by atoms with E-state index in [-0.39, 0.29) is 11.7 Å². The number of furan rings is 1. The zero-order chi connectivity index (χ0) is 12.8. The molecule has 0 saturated carbocycles. The molecule has 6 heteroatoms. The SMILES string of the molecule is CCc1occc1C(=O)N(C)CC/C(N)=N/O. The van der Waals surface area contributed by atoms with Crippen molar-refractivity contribution < 1.29 is 14.4 Å². The fourth-order valence-electron chi connectivity index (χ4n) is 1.44. The first-order chi connectivity index (χ1) is 8.10. The summed E-state index contributed by atoms with van der Waals surface area (Å²) in [6, 6.07) is 1.65. The predicted octanol–water partition coefficient (Wildman–Crippen LogP) is 1.05. The van der Waals surface area contributed by atoms with Crippen molar-refractivity contribution in [3.05, 3.63) is 23.7 Å². The van der Waals surface area contributed by atoms with Crippen LogP contribution in [0.1, 0.15) is 29.5 Å². The van der Waals surface area contributed by atoms with Gasteiger partial charge in [0.05, 0.1) is 11.8 Å². The summed E-state index contributed by atoms with van der Waals surface area (Å²) in [6.07, 6.45) is 2.50. The van der Waals surface area contributed by atoms with E-state index in [0.29, 0.717) is 30.7 Å². The van der Waals surface area contributed by atoms with Gasteiger partial charge in [0.1, 0.15) is 11.6 Å². The molecule has 1 aromatic rings. The van der Waals surface area contributed by atoms with Crippen LogP contribution < -0.4 is 5.73 Å². The number of aryl methyl sites for hydroxylation is 1. The lowest BCUT2D eigenvalue weighted by atomic mass is 10.2. The maximum atomic E-state index is 12.0. The van der Waals surface area contributed by atoms with Gasteiger partial charge in [-0.05, 0) is 6.07 Å². The van der Waals surface area contributed by atoms with Crippen molar-refractivity contribution in [3.63, 3.8) is 0 Å². The summed E-state index contributed by atoms with van der Waals surface area (Å²) in [7, 11) is 1.67. The van der Waals surface area contributed by atoms with Crippen LogP contribution in [0.2, 0.25) is 0 Å². The van der Waals surface area contributed by atoms with Gasteiger partial charge >= 0.3 is 0 Å². The highest BCUT2D eigenvalue weighted by Crippen LogP contribution is 2.13. The Morgan fingerprint density at radius 3 is 2.94 bits per heavy atom. The minimum absolute atomic E-state index is 0.104. The van der Waals surface area contributed by atoms with Crippen molar-refractivity contribution in [1.29, 1.82) is 0 Å². The Morgan fingerprint density at radius 2 is 2.35 bits per heavy atom. The zero-order valence-corrected chi connectivity index (χ0v) is 10.0. The van der Waals surface area contributed by atoms with Crippen molar-refractivity contribution in [3.8, 4) is 0 Å². The number of nitrogens with two attached hydrogens (primary N) is 1. The lowest BCUT2D eigenvalue weighted by molar-refractivity contribution is 0.0796. The average molecular weight is 239 g/mol. The largest absolute Gasteiger partial charge is 0.469 e. The Hall–Kier alpha value is -1.98. The molecule has 0 aliphatic heterocycles. The molecule has 0 radical (unpaired) electrons. The van der Waals surface area contributed by atoms with Crippen molar-refractivity contribution in [2.24, 2.45) is 10.9 Å². The van der Waals surface area contributed by atoms with Crippen LogP contribution in [0, 0.1) is 0 Å². The van der Waals surface area contributed by atoms with E-state index in [1.165, 1.54) is 11.2 Å². The standard InChI is InChI=1S/C11H17N3O3/c1-3-9-8(5-7-17-9)11(15)14(2)6-4-10(12)13-16/h5,7,16H,3-4,6H2,1-2H3,(H2,12,13). The van der Waals surface area contributed by atoms with Gasteiger partial charge in [-0.1, -0.05) is 12.1 Å². The highest BCUT2D eigenvalue weighted by molar-refractivity contribution is 5.95. The number of amidine groups is 1. The smallest absolute Gasteiger partial charge is 0.257 e. The summed E-state index contributed by atoms with van der Waals surface area (Å²) < 4.78 is 5.20. The first-order valence-corrected chi connectivity index (χ1v) is 5.38. The third-order valence-corrected chi connectivity index (χ3v) is 2.48. The van der Waals surface area contributed by atoms with Gasteiger partial charge in [-0.25, -0.2) is 0 Å². The molecule has 3 N–H and O–H groups in total. The molecular weight excluding hydrogens is 222 g/mol. The molecule has 1 aromatic heterocycles. The van der Waals surface area contributed by atoms with Gasteiger partial charge in [0.2, 0.25) is 0 Å². The van der Waals surface area contributed by atoms with Crippen molar-refractivity contribution in [2.45, 2.75) is 19.8 Å². The van der Waals surface area contributed by atoms with Gasteiger partial charge in [0.15, 0.2) is 0 Å². The molecule has 0 aliphatic carbocycles. The molecule has 1 heterocycles. The fourth-order valence-corrected chi connectivity index (χ4v) is 1.44. The van der Waals surface area contributed by atoms with E-state index in [1.54, 1.807) is 13.1 Å². The minimum atomic E-state index is -0.124. The van der Waals surface area contributed by atoms with E-state index in [4.69, 9.17) is 15.4 Å². The molecule has 0 fully saturated rings. The lowest BCUT2D eigenvalue weighted by Gasteiger charge is -2.16. The van der Waals surface area contributed by atoms with Crippen LogP contribution in [-0.4, -0.2) is 35.4 Å². The maximum absolute atomic E-state index is 12.0. The van der Waals surface area contributed by atoms with Gasteiger partial charge in [-0.15, -0.1) is 0 Å². The Balaban J connectivity index is 2.64. The summed E-state index contributed by atoms with van der Waals surface area (Å²) in [5.41, 5.74) is 5.90. The molecule has 0 bridgehead atoms. The Morgan fingerprint density at radius 1 is 1.65 bits per heavy atom. The number of nitrogens with zero attached hydrogens (tertiary/aromatic N) is 2. The van der Waals surface area contributed by atoms with Gasteiger partial charge in [-0.2, -0.15) is 0 Å². The second kappa shape index (κ2) is 5.93. The van der Waals surface area contributed by atoms with Crippen molar-refractivity contribution in [1.82, 2.24) is 4.90 Å².